The molecule has 0 radical (unpaired) electrons. The molecule has 3 aromatic rings. The van der Waals surface area contributed by atoms with Crippen LogP contribution in [0.2, 0.25) is 0 Å². The van der Waals surface area contributed by atoms with Crippen LogP contribution in [0.25, 0.3) is 11.1 Å². The van der Waals surface area contributed by atoms with Crippen LogP contribution in [0.15, 0.2) is 48.5 Å². The summed E-state index contributed by atoms with van der Waals surface area (Å²) in [6, 6.07) is 14.4. The Morgan fingerprint density at radius 2 is 1.77 bits per heavy atom. The quantitative estimate of drug-likeness (QED) is 0.471. The summed E-state index contributed by atoms with van der Waals surface area (Å²) in [6.45, 7) is 3.66. The van der Waals surface area contributed by atoms with Gasteiger partial charge in [0.1, 0.15) is 11.5 Å². The monoisotopic (exact) mass is 422 g/mol. The molecule has 1 aromatic heterocycles. The smallest absolute Gasteiger partial charge is 0.354 e. The van der Waals surface area contributed by atoms with E-state index in [1.165, 1.54) is 6.92 Å². The van der Waals surface area contributed by atoms with Crippen molar-refractivity contribution in [1.82, 2.24) is 9.55 Å². The molecule has 0 bridgehead atoms. The second-order valence-corrected chi connectivity index (χ2v) is 7.48. The molecule has 0 aliphatic rings. The summed E-state index contributed by atoms with van der Waals surface area (Å²) < 4.78 is 1.57. The first kappa shape index (κ1) is 22.2. The van der Waals surface area contributed by atoms with Gasteiger partial charge < -0.3 is 19.9 Å². The summed E-state index contributed by atoms with van der Waals surface area (Å²) in [4.78, 5) is 28.3. The van der Waals surface area contributed by atoms with E-state index in [1.54, 1.807) is 22.8 Å². The maximum atomic E-state index is 12.0. The van der Waals surface area contributed by atoms with Crippen molar-refractivity contribution in [2.75, 3.05) is 0 Å². The van der Waals surface area contributed by atoms with Crippen molar-refractivity contribution < 1.29 is 24.9 Å². The number of carbonyl (C=O) groups is 2. The van der Waals surface area contributed by atoms with Crippen LogP contribution in [-0.2, 0) is 13.0 Å². The molecule has 2 aromatic carbocycles. The maximum Gasteiger partial charge on any atom is 0.354 e. The van der Waals surface area contributed by atoms with Crippen molar-refractivity contribution >= 4 is 11.9 Å². The van der Waals surface area contributed by atoms with Gasteiger partial charge in [0.05, 0.1) is 11.7 Å². The fourth-order valence-corrected chi connectivity index (χ4v) is 3.65. The van der Waals surface area contributed by atoms with Crippen LogP contribution in [0, 0.1) is 0 Å². The zero-order valence-corrected chi connectivity index (χ0v) is 17.6. The predicted octanol–water partition coefficient (Wildman–Crippen LogP) is 4.39. The lowest BCUT2D eigenvalue weighted by molar-refractivity contribution is 0.0672. The third kappa shape index (κ3) is 4.83. The van der Waals surface area contributed by atoms with Crippen LogP contribution in [-0.4, -0.2) is 36.8 Å². The predicted molar refractivity (Wildman–Crippen MR) is 116 cm³/mol. The second kappa shape index (κ2) is 9.57. The molecular weight excluding hydrogens is 396 g/mol. The minimum Gasteiger partial charge on any atom is -0.478 e. The summed E-state index contributed by atoms with van der Waals surface area (Å²) in [5.74, 6) is -1.66. The molecule has 162 valence electrons. The summed E-state index contributed by atoms with van der Waals surface area (Å²) in [5, 5.41) is 29.6. The van der Waals surface area contributed by atoms with E-state index in [0.717, 1.165) is 18.4 Å². The normalized spacial score (nSPS) is 12.0. The number of nitrogens with zero attached hydrogens (tertiary/aromatic N) is 2. The minimum atomic E-state index is -1.18. The molecule has 31 heavy (non-hydrogen) atoms. The highest BCUT2D eigenvalue weighted by Crippen LogP contribution is 2.27. The van der Waals surface area contributed by atoms with Gasteiger partial charge in [-0.1, -0.05) is 55.8 Å². The van der Waals surface area contributed by atoms with Crippen molar-refractivity contribution in [3.8, 4) is 11.1 Å². The molecule has 0 saturated heterocycles. The Bertz CT molecular complexity index is 1090. The van der Waals surface area contributed by atoms with Gasteiger partial charge in [-0.2, -0.15) is 0 Å². The first-order valence-electron chi connectivity index (χ1n) is 10.3. The van der Waals surface area contributed by atoms with E-state index in [1.807, 2.05) is 37.3 Å². The fraction of sp³-hybridized carbons (Fsp3) is 0.292. The van der Waals surface area contributed by atoms with Crippen molar-refractivity contribution in [2.24, 2.45) is 0 Å². The molecular formula is C24H26N2O5. The number of rotatable bonds is 9. The Balaban J connectivity index is 2.08. The summed E-state index contributed by atoms with van der Waals surface area (Å²) in [6.07, 6.45) is 1.27. The zero-order valence-electron chi connectivity index (χ0n) is 17.6. The molecule has 0 saturated carbocycles. The Labute approximate surface area is 180 Å². The number of hydrogen-bond donors (Lipinski definition) is 3. The van der Waals surface area contributed by atoms with E-state index in [-0.39, 0.29) is 23.5 Å². The van der Waals surface area contributed by atoms with Gasteiger partial charge in [0.2, 0.25) is 0 Å². The van der Waals surface area contributed by atoms with E-state index in [9.17, 15) is 24.9 Å². The Morgan fingerprint density at radius 3 is 2.35 bits per heavy atom. The molecule has 0 fully saturated rings. The molecule has 1 heterocycles. The van der Waals surface area contributed by atoms with Crippen LogP contribution in [0.5, 0.6) is 0 Å². The van der Waals surface area contributed by atoms with Crippen molar-refractivity contribution in [1.29, 1.82) is 0 Å². The van der Waals surface area contributed by atoms with Gasteiger partial charge in [-0.15, -0.1) is 0 Å². The SMILES string of the molecule is CCCCc1nc(C(C)O)c(C(=O)O)n1Cc1ccc(-c2ccccc2)c(C(=O)O)c1. The number of imidazole rings is 1. The van der Waals surface area contributed by atoms with Crippen LogP contribution in [0.4, 0.5) is 0 Å². The van der Waals surface area contributed by atoms with E-state index < -0.39 is 18.0 Å². The highest BCUT2D eigenvalue weighted by atomic mass is 16.4. The number of carboxylic acids is 2. The Hall–Kier alpha value is -3.45. The average Bonchev–Trinajstić information content (AvgIpc) is 3.11. The van der Waals surface area contributed by atoms with Crippen LogP contribution in [0.1, 0.15) is 70.7 Å². The molecule has 7 nitrogen and oxygen atoms in total. The standard InChI is InChI=1S/C24H26N2O5/c1-3-4-10-20-25-21(15(2)27)22(24(30)31)26(20)14-16-11-12-18(19(13-16)23(28)29)17-8-6-5-7-9-17/h5-9,11-13,15,27H,3-4,10,14H2,1-2H3,(H,28,29)(H,30,31). The van der Waals surface area contributed by atoms with Gasteiger partial charge >= 0.3 is 11.9 Å². The van der Waals surface area contributed by atoms with Crippen LogP contribution < -0.4 is 0 Å². The number of unbranched alkanes of at least 4 members (excludes halogenated alkanes) is 1. The van der Waals surface area contributed by atoms with Crippen LogP contribution >= 0.6 is 0 Å². The molecule has 1 unspecified atom stereocenters. The largest absolute Gasteiger partial charge is 0.478 e. The Morgan fingerprint density at radius 1 is 1.06 bits per heavy atom. The van der Waals surface area contributed by atoms with Crippen molar-refractivity contribution in [3.05, 3.63) is 76.9 Å². The molecule has 0 amide bonds. The number of aryl methyl sites for hydroxylation is 1. The van der Waals surface area contributed by atoms with Crippen molar-refractivity contribution in [2.45, 2.75) is 45.8 Å². The molecule has 0 aliphatic carbocycles. The second-order valence-electron chi connectivity index (χ2n) is 7.48. The highest BCUT2D eigenvalue weighted by molar-refractivity contribution is 5.96. The number of aromatic nitrogens is 2. The van der Waals surface area contributed by atoms with Gasteiger partial charge in [0, 0.05) is 13.0 Å². The van der Waals surface area contributed by atoms with Crippen LogP contribution in [0.3, 0.4) is 0 Å². The lowest BCUT2D eigenvalue weighted by Gasteiger charge is -2.13. The maximum absolute atomic E-state index is 12.0. The van der Waals surface area contributed by atoms with Gasteiger partial charge in [0.15, 0.2) is 5.69 Å². The topological polar surface area (TPSA) is 113 Å². The van der Waals surface area contributed by atoms with E-state index in [0.29, 0.717) is 23.4 Å². The highest BCUT2D eigenvalue weighted by Gasteiger charge is 2.25. The average molecular weight is 422 g/mol. The first-order valence-corrected chi connectivity index (χ1v) is 10.3. The molecule has 7 heteroatoms. The van der Waals surface area contributed by atoms with E-state index >= 15 is 0 Å². The number of aromatic carboxylic acids is 2. The van der Waals surface area contributed by atoms with Gasteiger partial charge in [0.25, 0.3) is 0 Å². The lowest BCUT2D eigenvalue weighted by Crippen LogP contribution is -2.15. The molecule has 3 rings (SSSR count). The number of hydrogen-bond acceptors (Lipinski definition) is 4. The van der Waals surface area contributed by atoms with Gasteiger partial charge in [-0.3, -0.25) is 0 Å². The van der Waals surface area contributed by atoms with Crippen molar-refractivity contribution in [3.63, 3.8) is 0 Å². The number of benzene rings is 2. The minimum absolute atomic E-state index is 0.0647. The molecule has 3 N–H and O–H groups in total. The lowest BCUT2D eigenvalue weighted by atomic mass is 9.97. The molecule has 1 atom stereocenters. The first-order chi connectivity index (χ1) is 14.8. The summed E-state index contributed by atoms with van der Waals surface area (Å²) in [5.41, 5.74) is 2.23. The van der Waals surface area contributed by atoms with Gasteiger partial charge in [-0.25, -0.2) is 14.6 Å². The van der Waals surface area contributed by atoms with Gasteiger partial charge in [-0.05, 0) is 36.1 Å². The number of carboxylic acid groups (broad SMARTS) is 2. The third-order valence-corrected chi connectivity index (χ3v) is 5.17. The Kier molecular flexibility index (Phi) is 6.87. The molecule has 0 aliphatic heterocycles. The fourth-order valence-electron chi connectivity index (χ4n) is 3.65. The zero-order chi connectivity index (χ0) is 22.5. The van der Waals surface area contributed by atoms with E-state index in [4.69, 9.17) is 0 Å². The number of aliphatic hydroxyl groups is 1. The summed E-state index contributed by atoms with van der Waals surface area (Å²) in [7, 11) is 0. The van der Waals surface area contributed by atoms with E-state index in [2.05, 4.69) is 4.98 Å². The number of aliphatic hydroxyl groups excluding tert-OH is 1. The third-order valence-electron chi connectivity index (χ3n) is 5.17. The molecule has 0 spiro atoms. The summed E-state index contributed by atoms with van der Waals surface area (Å²) >= 11 is 0.